The molecule has 1 aromatic carbocycles. The minimum atomic E-state index is 0.647. The van der Waals surface area contributed by atoms with Crippen molar-refractivity contribution in [2.75, 3.05) is 31.1 Å². The van der Waals surface area contributed by atoms with Gasteiger partial charge in [0.15, 0.2) is 0 Å². The van der Waals surface area contributed by atoms with Crippen LogP contribution in [0.15, 0.2) is 30.3 Å². The van der Waals surface area contributed by atoms with Gasteiger partial charge in [0.2, 0.25) is 0 Å². The summed E-state index contributed by atoms with van der Waals surface area (Å²) in [4.78, 5) is 5.20. The van der Waals surface area contributed by atoms with Crippen molar-refractivity contribution in [3.8, 4) is 0 Å². The Kier molecular flexibility index (Phi) is 4.04. The molecule has 3 rings (SSSR count). The summed E-state index contributed by atoms with van der Waals surface area (Å²) in [5, 5.41) is 0. The van der Waals surface area contributed by atoms with E-state index in [4.69, 9.17) is 5.73 Å². The summed E-state index contributed by atoms with van der Waals surface area (Å²) in [6.07, 6.45) is 5.20. The molecule has 3 heteroatoms. The summed E-state index contributed by atoms with van der Waals surface area (Å²) in [7, 11) is 0. The van der Waals surface area contributed by atoms with Crippen LogP contribution in [0.5, 0.6) is 0 Å². The highest BCUT2D eigenvalue weighted by Gasteiger charge is 2.31. The summed E-state index contributed by atoms with van der Waals surface area (Å²) in [6, 6.07) is 12.2. The number of nitrogens with zero attached hydrogens (tertiary/aromatic N) is 2. The van der Waals surface area contributed by atoms with E-state index in [0.29, 0.717) is 6.04 Å². The lowest BCUT2D eigenvalue weighted by Crippen LogP contribution is -2.48. The maximum absolute atomic E-state index is 5.90. The molecular weight excluding hydrogens is 234 g/mol. The van der Waals surface area contributed by atoms with E-state index in [9.17, 15) is 0 Å². The van der Waals surface area contributed by atoms with Crippen molar-refractivity contribution in [1.82, 2.24) is 4.90 Å². The van der Waals surface area contributed by atoms with Crippen molar-refractivity contribution in [2.24, 2.45) is 5.73 Å². The molecule has 104 valence electrons. The minimum absolute atomic E-state index is 0.647. The van der Waals surface area contributed by atoms with Crippen molar-refractivity contribution in [3.63, 3.8) is 0 Å². The number of benzene rings is 1. The molecule has 3 nitrogen and oxygen atoms in total. The molecule has 1 unspecified atom stereocenters. The highest BCUT2D eigenvalue weighted by Crippen LogP contribution is 2.27. The first-order valence-corrected chi connectivity index (χ1v) is 7.64. The molecule has 0 aromatic heterocycles. The zero-order valence-corrected chi connectivity index (χ0v) is 11.7. The first-order valence-electron chi connectivity index (χ1n) is 7.64. The molecule has 2 fully saturated rings. The predicted octanol–water partition coefficient (Wildman–Crippen LogP) is 2.08. The third-order valence-corrected chi connectivity index (χ3v) is 4.75. The third-order valence-electron chi connectivity index (χ3n) is 4.75. The number of rotatable bonds is 3. The van der Waals surface area contributed by atoms with E-state index in [2.05, 4.69) is 40.1 Å². The molecule has 2 aliphatic rings. The Balaban J connectivity index is 1.58. The molecule has 0 saturated carbocycles. The number of anilines is 1. The fourth-order valence-electron chi connectivity index (χ4n) is 3.69. The summed E-state index contributed by atoms with van der Waals surface area (Å²) in [5.74, 6) is 0. The Morgan fingerprint density at radius 2 is 1.74 bits per heavy atom. The lowest BCUT2D eigenvalue weighted by atomic mass is 10.0. The van der Waals surface area contributed by atoms with Gasteiger partial charge in [-0.2, -0.15) is 0 Å². The number of para-hydroxylation sites is 1. The quantitative estimate of drug-likeness (QED) is 0.902. The van der Waals surface area contributed by atoms with Gasteiger partial charge >= 0.3 is 0 Å². The third kappa shape index (κ3) is 2.77. The van der Waals surface area contributed by atoms with E-state index in [1.807, 2.05) is 0 Å². The molecule has 1 atom stereocenters. The topological polar surface area (TPSA) is 32.5 Å². The number of likely N-dealkylation sites (tertiary alicyclic amines) is 1. The second-order valence-electron chi connectivity index (χ2n) is 5.82. The molecule has 2 heterocycles. The van der Waals surface area contributed by atoms with Gasteiger partial charge in [-0.1, -0.05) is 18.2 Å². The molecule has 19 heavy (non-hydrogen) atoms. The fourth-order valence-corrected chi connectivity index (χ4v) is 3.69. The van der Waals surface area contributed by atoms with Crippen molar-refractivity contribution in [1.29, 1.82) is 0 Å². The van der Waals surface area contributed by atoms with Gasteiger partial charge in [0.25, 0.3) is 0 Å². The molecule has 2 aliphatic heterocycles. The Labute approximate surface area is 116 Å². The van der Waals surface area contributed by atoms with Gasteiger partial charge in [-0.3, -0.25) is 4.90 Å². The first kappa shape index (κ1) is 12.9. The summed E-state index contributed by atoms with van der Waals surface area (Å²) < 4.78 is 0. The average molecular weight is 259 g/mol. The van der Waals surface area contributed by atoms with Crippen LogP contribution in [0.1, 0.15) is 25.7 Å². The van der Waals surface area contributed by atoms with Crippen LogP contribution in [-0.4, -0.2) is 43.2 Å². The summed E-state index contributed by atoms with van der Waals surface area (Å²) in [5.41, 5.74) is 7.27. The van der Waals surface area contributed by atoms with Crippen LogP contribution in [0.2, 0.25) is 0 Å². The normalized spacial score (nSPS) is 25.9. The lowest BCUT2D eigenvalue weighted by Gasteiger charge is -2.40. The maximum Gasteiger partial charge on any atom is 0.0366 e. The van der Waals surface area contributed by atoms with Gasteiger partial charge in [0.1, 0.15) is 0 Å². The SMILES string of the molecule is NCC1CCCN1C1CCN(c2ccccc2)CC1. The van der Waals surface area contributed by atoms with Gasteiger partial charge in [0, 0.05) is 37.4 Å². The van der Waals surface area contributed by atoms with Gasteiger partial charge in [0.05, 0.1) is 0 Å². The standard InChI is InChI=1S/C16H25N3/c17-13-16-7-4-10-19(16)15-8-11-18(12-9-15)14-5-2-1-3-6-14/h1-3,5-6,15-16H,4,7-13,17H2. The van der Waals surface area contributed by atoms with Crippen LogP contribution in [0.3, 0.4) is 0 Å². The molecule has 0 amide bonds. The number of hydrogen-bond donors (Lipinski definition) is 1. The summed E-state index contributed by atoms with van der Waals surface area (Å²) >= 11 is 0. The Hall–Kier alpha value is -1.06. The molecular formula is C16H25N3. The molecule has 0 bridgehead atoms. The molecule has 0 aliphatic carbocycles. The van der Waals surface area contributed by atoms with E-state index in [-0.39, 0.29) is 0 Å². The number of piperidine rings is 1. The summed E-state index contributed by atoms with van der Waals surface area (Å²) in [6.45, 7) is 4.46. The molecule has 0 spiro atoms. The monoisotopic (exact) mass is 259 g/mol. The van der Waals surface area contributed by atoms with E-state index >= 15 is 0 Å². The highest BCUT2D eigenvalue weighted by molar-refractivity contribution is 5.46. The van der Waals surface area contributed by atoms with Crippen LogP contribution in [0.4, 0.5) is 5.69 Å². The van der Waals surface area contributed by atoms with Crippen molar-refractivity contribution in [3.05, 3.63) is 30.3 Å². The first-order chi connectivity index (χ1) is 9.38. The molecule has 1 aromatic rings. The number of hydrogen-bond acceptors (Lipinski definition) is 3. The van der Waals surface area contributed by atoms with Crippen LogP contribution >= 0.6 is 0 Å². The van der Waals surface area contributed by atoms with Crippen molar-refractivity contribution < 1.29 is 0 Å². The zero-order chi connectivity index (χ0) is 13.1. The van der Waals surface area contributed by atoms with Gasteiger partial charge in [-0.15, -0.1) is 0 Å². The number of nitrogens with two attached hydrogens (primary N) is 1. The van der Waals surface area contributed by atoms with Gasteiger partial charge in [-0.05, 0) is 44.4 Å². The lowest BCUT2D eigenvalue weighted by molar-refractivity contribution is 0.157. The molecule has 2 saturated heterocycles. The van der Waals surface area contributed by atoms with E-state index in [1.165, 1.54) is 51.0 Å². The van der Waals surface area contributed by atoms with Crippen molar-refractivity contribution in [2.45, 2.75) is 37.8 Å². The van der Waals surface area contributed by atoms with E-state index in [1.54, 1.807) is 0 Å². The molecule has 2 N–H and O–H groups in total. The average Bonchev–Trinajstić information content (AvgIpc) is 2.97. The largest absolute Gasteiger partial charge is 0.371 e. The Morgan fingerprint density at radius 3 is 2.42 bits per heavy atom. The van der Waals surface area contributed by atoms with Gasteiger partial charge in [-0.25, -0.2) is 0 Å². The van der Waals surface area contributed by atoms with Crippen LogP contribution in [-0.2, 0) is 0 Å². The van der Waals surface area contributed by atoms with E-state index in [0.717, 1.165) is 12.6 Å². The zero-order valence-electron chi connectivity index (χ0n) is 11.7. The minimum Gasteiger partial charge on any atom is -0.371 e. The smallest absolute Gasteiger partial charge is 0.0366 e. The Morgan fingerprint density at radius 1 is 1.00 bits per heavy atom. The molecule has 0 radical (unpaired) electrons. The Bertz CT molecular complexity index is 384. The van der Waals surface area contributed by atoms with Gasteiger partial charge < -0.3 is 10.6 Å². The maximum atomic E-state index is 5.90. The fraction of sp³-hybridized carbons (Fsp3) is 0.625. The highest BCUT2D eigenvalue weighted by atomic mass is 15.2. The van der Waals surface area contributed by atoms with Crippen LogP contribution in [0, 0.1) is 0 Å². The van der Waals surface area contributed by atoms with Crippen LogP contribution < -0.4 is 10.6 Å². The second kappa shape index (κ2) is 5.93. The van der Waals surface area contributed by atoms with Crippen LogP contribution in [0.25, 0.3) is 0 Å². The van der Waals surface area contributed by atoms with Crippen molar-refractivity contribution >= 4 is 5.69 Å². The van der Waals surface area contributed by atoms with E-state index < -0.39 is 0 Å². The second-order valence-corrected chi connectivity index (χ2v) is 5.82. The predicted molar refractivity (Wildman–Crippen MR) is 80.5 cm³/mol.